The number of hydrogen-bond donors (Lipinski definition) is 3. The molecule has 0 saturated carbocycles. The van der Waals surface area contributed by atoms with Crippen LogP contribution in [0.4, 0.5) is 11.4 Å². The highest BCUT2D eigenvalue weighted by Gasteiger charge is 2.18. The molecule has 1 aromatic carbocycles. The summed E-state index contributed by atoms with van der Waals surface area (Å²) in [6.45, 7) is 3.59. The maximum Gasteiger partial charge on any atom is 0.276 e. The lowest BCUT2D eigenvalue weighted by atomic mass is 10.2. The van der Waals surface area contributed by atoms with E-state index in [0.29, 0.717) is 17.3 Å². The average molecular weight is 388 g/mol. The van der Waals surface area contributed by atoms with Gasteiger partial charge in [0.2, 0.25) is 5.95 Å². The molecule has 1 amide bonds. The Hall–Kier alpha value is -3.72. The van der Waals surface area contributed by atoms with Crippen LogP contribution in [0.1, 0.15) is 10.5 Å². The van der Waals surface area contributed by atoms with Crippen molar-refractivity contribution in [1.82, 2.24) is 30.0 Å². The lowest BCUT2D eigenvalue weighted by Gasteiger charge is -2.30. The summed E-state index contributed by atoms with van der Waals surface area (Å²) in [6.07, 6.45) is 5.13. The van der Waals surface area contributed by atoms with Gasteiger partial charge in [0.05, 0.1) is 28.6 Å². The van der Waals surface area contributed by atoms with Gasteiger partial charge in [-0.25, -0.2) is 9.67 Å². The van der Waals surface area contributed by atoms with Crippen LogP contribution in [-0.2, 0) is 0 Å². The van der Waals surface area contributed by atoms with Crippen molar-refractivity contribution in [3.05, 3.63) is 60.7 Å². The molecule has 4 heterocycles. The minimum absolute atomic E-state index is 0.288. The number of pyridine rings is 1. The zero-order valence-electron chi connectivity index (χ0n) is 15.7. The number of aromatic amines is 1. The Labute approximate surface area is 166 Å². The molecule has 0 unspecified atom stereocenters. The minimum Gasteiger partial charge on any atom is -0.367 e. The molecule has 5 rings (SSSR count). The molecule has 0 aliphatic carbocycles. The van der Waals surface area contributed by atoms with Crippen molar-refractivity contribution in [1.29, 1.82) is 0 Å². The number of imidazole rings is 1. The van der Waals surface area contributed by atoms with Gasteiger partial charge in [-0.15, -0.1) is 0 Å². The molecule has 9 heteroatoms. The fourth-order valence-corrected chi connectivity index (χ4v) is 3.46. The summed E-state index contributed by atoms with van der Waals surface area (Å²) in [6, 6.07) is 11.3. The molecule has 146 valence electrons. The van der Waals surface area contributed by atoms with Crippen LogP contribution in [0.5, 0.6) is 0 Å². The SMILES string of the molecule is O=C(Nc1cnccc1N1CCNCC1)c1ccn(-c2nc3ccccc3[nH]2)n1. The summed E-state index contributed by atoms with van der Waals surface area (Å²) in [5.74, 6) is 0.275. The second kappa shape index (κ2) is 7.36. The van der Waals surface area contributed by atoms with Crippen LogP contribution in [0.2, 0.25) is 0 Å². The number of nitrogens with one attached hydrogen (secondary N) is 3. The van der Waals surface area contributed by atoms with Gasteiger partial charge in [-0.1, -0.05) is 12.1 Å². The van der Waals surface area contributed by atoms with Gasteiger partial charge in [-0.2, -0.15) is 5.10 Å². The average Bonchev–Trinajstić information content (AvgIpc) is 3.42. The second-order valence-electron chi connectivity index (χ2n) is 6.81. The maximum absolute atomic E-state index is 12.8. The highest BCUT2D eigenvalue weighted by molar-refractivity contribution is 6.04. The first kappa shape index (κ1) is 17.4. The summed E-state index contributed by atoms with van der Waals surface area (Å²) in [5, 5.41) is 10.7. The van der Waals surface area contributed by atoms with Gasteiger partial charge < -0.3 is 20.5 Å². The smallest absolute Gasteiger partial charge is 0.276 e. The number of carbonyl (C=O) groups is 1. The van der Waals surface area contributed by atoms with Crippen LogP contribution in [0, 0.1) is 0 Å². The van der Waals surface area contributed by atoms with Crippen LogP contribution < -0.4 is 15.5 Å². The number of para-hydroxylation sites is 2. The van der Waals surface area contributed by atoms with Crippen molar-refractivity contribution >= 4 is 28.3 Å². The summed E-state index contributed by atoms with van der Waals surface area (Å²) in [4.78, 5) is 26.9. The molecule has 1 fully saturated rings. The van der Waals surface area contributed by atoms with Crippen LogP contribution in [-0.4, -0.2) is 56.8 Å². The van der Waals surface area contributed by atoms with E-state index in [1.807, 2.05) is 30.3 Å². The molecule has 0 radical (unpaired) electrons. The molecular formula is C20H20N8O. The van der Waals surface area contributed by atoms with Crippen molar-refractivity contribution < 1.29 is 4.79 Å². The Balaban J connectivity index is 1.37. The van der Waals surface area contributed by atoms with Gasteiger partial charge >= 0.3 is 0 Å². The van der Waals surface area contributed by atoms with Crippen molar-refractivity contribution in [2.75, 3.05) is 36.4 Å². The van der Waals surface area contributed by atoms with Crippen molar-refractivity contribution in [3.63, 3.8) is 0 Å². The monoisotopic (exact) mass is 388 g/mol. The Bertz CT molecular complexity index is 1120. The van der Waals surface area contributed by atoms with Crippen LogP contribution >= 0.6 is 0 Å². The van der Waals surface area contributed by atoms with E-state index in [0.717, 1.165) is 42.9 Å². The number of H-pyrrole nitrogens is 1. The highest BCUT2D eigenvalue weighted by Crippen LogP contribution is 2.25. The molecule has 9 nitrogen and oxygen atoms in total. The minimum atomic E-state index is -0.288. The second-order valence-corrected chi connectivity index (χ2v) is 6.81. The molecule has 3 aromatic heterocycles. The number of rotatable bonds is 4. The molecule has 1 aliphatic heterocycles. The van der Waals surface area contributed by atoms with Gasteiger partial charge in [0, 0.05) is 38.6 Å². The van der Waals surface area contributed by atoms with Crippen molar-refractivity contribution in [2.45, 2.75) is 0 Å². The number of piperazine rings is 1. The zero-order valence-corrected chi connectivity index (χ0v) is 15.7. The molecule has 0 spiro atoms. The maximum atomic E-state index is 12.8. The largest absolute Gasteiger partial charge is 0.367 e. The third-order valence-corrected chi connectivity index (χ3v) is 4.92. The van der Waals surface area contributed by atoms with E-state index in [2.05, 4.69) is 35.6 Å². The Kier molecular flexibility index (Phi) is 4.41. The van der Waals surface area contributed by atoms with E-state index in [1.54, 1.807) is 29.3 Å². The van der Waals surface area contributed by atoms with Crippen LogP contribution in [0.15, 0.2) is 55.0 Å². The number of hydrogen-bond acceptors (Lipinski definition) is 6. The lowest BCUT2D eigenvalue weighted by molar-refractivity contribution is 0.102. The summed E-state index contributed by atoms with van der Waals surface area (Å²) >= 11 is 0. The Morgan fingerprint density at radius 3 is 2.83 bits per heavy atom. The predicted molar refractivity (Wildman–Crippen MR) is 110 cm³/mol. The number of aromatic nitrogens is 5. The van der Waals surface area contributed by atoms with Gasteiger partial charge in [0.15, 0.2) is 5.69 Å². The molecule has 0 bridgehead atoms. The van der Waals surface area contributed by atoms with E-state index in [1.165, 1.54) is 0 Å². The van der Waals surface area contributed by atoms with Crippen LogP contribution in [0.3, 0.4) is 0 Å². The quantitative estimate of drug-likeness (QED) is 0.493. The van der Waals surface area contributed by atoms with Gasteiger partial charge in [0.1, 0.15) is 0 Å². The van der Waals surface area contributed by atoms with E-state index in [9.17, 15) is 4.79 Å². The fourth-order valence-electron chi connectivity index (χ4n) is 3.46. The fraction of sp³-hybridized carbons (Fsp3) is 0.200. The third-order valence-electron chi connectivity index (χ3n) is 4.92. The lowest BCUT2D eigenvalue weighted by Crippen LogP contribution is -2.43. The molecule has 3 N–H and O–H groups in total. The van der Waals surface area contributed by atoms with Crippen molar-refractivity contribution in [3.8, 4) is 5.95 Å². The number of nitrogens with zero attached hydrogens (tertiary/aromatic N) is 5. The Morgan fingerprint density at radius 1 is 1.10 bits per heavy atom. The Morgan fingerprint density at radius 2 is 1.97 bits per heavy atom. The van der Waals surface area contributed by atoms with E-state index < -0.39 is 0 Å². The third kappa shape index (κ3) is 3.43. The van der Waals surface area contributed by atoms with Crippen LogP contribution in [0.25, 0.3) is 17.0 Å². The molecule has 29 heavy (non-hydrogen) atoms. The van der Waals surface area contributed by atoms with Gasteiger partial charge in [-0.05, 0) is 24.3 Å². The number of fused-ring (bicyclic) bond motifs is 1. The van der Waals surface area contributed by atoms with Gasteiger partial charge in [0.25, 0.3) is 5.91 Å². The van der Waals surface area contributed by atoms with Crippen molar-refractivity contribution in [2.24, 2.45) is 0 Å². The summed E-state index contributed by atoms with van der Waals surface area (Å²) < 4.78 is 1.56. The molecule has 0 atom stereocenters. The molecule has 1 aliphatic rings. The number of amides is 1. The number of benzene rings is 1. The molecule has 4 aromatic rings. The first-order valence-corrected chi connectivity index (χ1v) is 9.50. The molecule has 1 saturated heterocycles. The predicted octanol–water partition coefficient (Wildman–Crippen LogP) is 1.81. The van der Waals surface area contributed by atoms with E-state index in [-0.39, 0.29) is 5.91 Å². The molecular weight excluding hydrogens is 368 g/mol. The van der Waals surface area contributed by atoms with Gasteiger partial charge in [-0.3, -0.25) is 9.78 Å². The summed E-state index contributed by atoms with van der Waals surface area (Å²) in [5.41, 5.74) is 3.71. The first-order chi connectivity index (χ1) is 14.3. The van der Waals surface area contributed by atoms with E-state index in [4.69, 9.17) is 0 Å². The highest BCUT2D eigenvalue weighted by atomic mass is 16.2. The summed E-state index contributed by atoms with van der Waals surface area (Å²) in [7, 11) is 0. The standard InChI is InChI=1S/C20H20N8O/c29-19(23-17-13-22-7-5-18(17)27-11-8-21-9-12-27)16-6-10-28(26-16)20-24-14-3-1-2-4-15(14)25-20/h1-7,10,13,21H,8-9,11-12H2,(H,23,29)(H,24,25). The zero-order chi connectivity index (χ0) is 19.6. The number of anilines is 2. The van der Waals surface area contributed by atoms with E-state index >= 15 is 0 Å². The number of carbonyl (C=O) groups excluding carboxylic acids is 1. The normalized spacial score (nSPS) is 14.3. The first-order valence-electron chi connectivity index (χ1n) is 9.50. The topological polar surface area (TPSA) is 104 Å².